The van der Waals surface area contributed by atoms with Gasteiger partial charge in [-0.05, 0) is 12.3 Å². The Kier molecular flexibility index (Phi) is 6.38. The Balaban J connectivity index is 2.27. The van der Waals surface area contributed by atoms with Crippen LogP contribution in [0.15, 0.2) is 0 Å². The minimum atomic E-state index is -0.0716. The van der Waals surface area contributed by atoms with Crippen molar-refractivity contribution in [3.05, 3.63) is 0 Å². The number of hydrogen-bond acceptors (Lipinski definition) is 3. The molecule has 0 amide bonds. The molecule has 1 aliphatic rings. The van der Waals surface area contributed by atoms with Gasteiger partial charge in [-0.3, -0.25) is 0 Å². The molecule has 0 spiro atoms. The summed E-state index contributed by atoms with van der Waals surface area (Å²) in [6.07, 6.45) is 3.35. The highest BCUT2D eigenvalue weighted by molar-refractivity contribution is 8.06. The van der Waals surface area contributed by atoms with Crippen LogP contribution in [0.2, 0.25) is 0 Å². The molecular formula is C11H22OS2. The molecule has 1 rings (SSSR count). The van der Waals surface area contributed by atoms with E-state index in [1.54, 1.807) is 0 Å². The molecule has 1 saturated heterocycles. The zero-order valence-electron chi connectivity index (χ0n) is 9.24. The van der Waals surface area contributed by atoms with Crippen LogP contribution >= 0.6 is 23.5 Å². The van der Waals surface area contributed by atoms with Crippen LogP contribution < -0.4 is 0 Å². The number of aliphatic hydroxyl groups is 1. The second-order valence-corrected chi connectivity index (χ2v) is 6.47. The molecule has 1 nitrogen and oxygen atoms in total. The third-order valence-corrected chi connectivity index (χ3v) is 5.91. The molecule has 1 aliphatic heterocycles. The molecular weight excluding hydrogens is 212 g/mol. The quantitative estimate of drug-likeness (QED) is 0.789. The lowest BCUT2D eigenvalue weighted by atomic mass is 9.95. The van der Waals surface area contributed by atoms with Crippen LogP contribution in [0.5, 0.6) is 0 Å². The van der Waals surface area contributed by atoms with Crippen LogP contribution in [0.3, 0.4) is 0 Å². The SMILES string of the molecule is CCC(CC)CC(O)C1CSCCS1. The van der Waals surface area contributed by atoms with Crippen molar-refractivity contribution in [2.24, 2.45) is 5.92 Å². The van der Waals surface area contributed by atoms with E-state index in [9.17, 15) is 5.11 Å². The van der Waals surface area contributed by atoms with Crippen LogP contribution in [-0.2, 0) is 0 Å². The van der Waals surface area contributed by atoms with Gasteiger partial charge < -0.3 is 5.11 Å². The average Bonchev–Trinajstić information content (AvgIpc) is 2.26. The Morgan fingerprint density at radius 2 is 2.00 bits per heavy atom. The van der Waals surface area contributed by atoms with Crippen molar-refractivity contribution < 1.29 is 5.11 Å². The van der Waals surface area contributed by atoms with Gasteiger partial charge in [-0.25, -0.2) is 0 Å². The van der Waals surface area contributed by atoms with E-state index >= 15 is 0 Å². The number of aliphatic hydroxyl groups excluding tert-OH is 1. The second kappa shape index (κ2) is 7.02. The van der Waals surface area contributed by atoms with Gasteiger partial charge in [-0.2, -0.15) is 23.5 Å². The van der Waals surface area contributed by atoms with E-state index in [-0.39, 0.29) is 6.10 Å². The minimum Gasteiger partial charge on any atom is -0.392 e. The fourth-order valence-electron chi connectivity index (χ4n) is 1.84. The van der Waals surface area contributed by atoms with Gasteiger partial charge in [0, 0.05) is 22.5 Å². The molecule has 1 N–H and O–H groups in total. The smallest absolute Gasteiger partial charge is 0.0669 e. The van der Waals surface area contributed by atoms with Gasteiger partial charge in [0.15, 0.2) is 0 Å². The topological polar surface area (TPSA) is 20.2 Å². The number of thioether (sulfide) groups is 2. The maximum absolute atomic E-state index is 10.1. The summed E-state index contributed by atoms with van der Waals surface area (Å²) < 4.78 is 0. The maximum Gasteiger partial charge on any atom is 0.0669 e. The molecule has 1 heterocycles. The summed E-state index contributed by atoms with van der Waals surface area (Å²) >= 11 is 3.96. The lowest BCUT2D eigenvalue weighted by Gasteiger charge is -2.28. The van der Waals surface area contributed by atoms with Crippen molar-refractivity contribution in [2.75, 3.05) is 17.3 Å². The van der Waals surface area contributed by atoms with Gasteiger partial charge >= 0.3 is 0 Å². The monoisotopic (exact) mass is 234 g/mol. The molecule has 1 fully saturated rings. The Morgan fingerprint density at radius 3 is 2.50 bits per heavy atom. The second-order valence-electron chi connectivity index (χ2n) is 3.97. The standard InChI is InChI=1S/C11H22OS2/c1-3-9(4-2)7-10(12)11-8-13-5-6-14-11/h9-12H,3-8H2,1-2H3. The van der Waals surface area contributed by atoms with Crippen LogP contribution in [0, 0.1) is 5.92 Å². The highest BCUT2D eigenvalue weighted by Crippen LogP contribution is 2.29. The maximum atomic E-state index is 10.1. The van der Waals surface area contributed by atoms with Gasteiger partial charge in [0.2, 0.25) is 0 Å². The molecule has 14 heavy (non-hydrogen) atoms. The summed E-state index contributed by atoms with van der Waals surface area (Å²) in [4.78, 5) is 0. The molecule has 2 unspecified atom stereocenters. The molecule has 0 radical (unpaired) electrons. The third-order valence-electron chi connectivity index (χ3n) is 3.00. The summed E-state index contributed by atoms with van der Waals surface area (Å²) in [5, 5.41) is 10.6. The zero-order valence-corrected chi connectivity index (χ0v) is 10.9. The molecule has 0 aliphatic carbocycles. The molecule has 0 aromatic heterocycles. The van der Waals surface area contributed by atoms with Crippen LogP contribution in [-0.4, -0.2) is 33.7 Å². The van der Waals surface area contributed by atoms with Crippen molar-refractivity contribution in [3.8, 4) is 0 Å². The van der Waals surface area contributed by atoms with E-state index < -0.39 is 0 Å². The van der Waals surface area contributed by atoms with Gasteiger partial charge in [0.25, 0.3) is 0 Å². The average molecular weight is 234 g/mol. The largest absolute Gasteiger partial charge is 0.392 e. The van der Waals surface area contributed by atoms with E-state index in [1.165, 1.54) is 24.3 Å². The van der Waals surface area contributed by atoms with Crippen molar-refractivity contribution in [1.82, 2.24) is 0 Å². The predicted molar refractivity (Wildman–Crippen MR) is 68.3 cm³/mol. The minimum absolute atomic E-state index is 0.0716. The fraction of sp³-hybridized carbons (Fsp3) is 1.00. The van der Waals surface area contributed by atoms with Gasteiger partial charge in [-0.15, -0.1) is 0 Å². The van der Waals surface area contributed by atoms with E-state index in [4.69, 9.17) is 0 Å². The Labute approximate surface area is 96.4 Å². The third kappa shape index (κ3) is 4.03. The van der Waals surface area contributed by atoms with Gasteiger partial charge in [0.1, 0.15) is 0 Å². The first-order chi connectivity index (χ1) is 6.77. The molecule has 3 heteroatoms. The van der Waals surface area contributed by atoms with Crippen molar-refractivity contribution in [2.45, 2.75) is 44.5 Å². The van der Waals surface area contributed by atoms with Crippen molar-refractivity contribution >= 4 is 23.5 Å². The molecule has 2 atom stereocenters. The Bertz CT molecular complexity index is 142. The lowest BCUT2D eigenvalue weighted by Crippen LogP contribution is -2.30. The van der Waals surface area contributed by atoms with E-state index in [2.05, 4.69) is 13.8 Å². The first-order valence-corrected chi connectivity index (χ1v) is 7.85. The van der Waals surface area contributed by atoms with Crippen molar-refractivity contribution in [3.63, 3.8) is 0 Å². The first kappa shape index (κ1) is 12.7. The van der Waals surface area contributed by atoms with Gasteiger partial charge in [0.05, 0.1) is 6.10 Å². The van der Waals surface area contributed by atoms with Crippen LogP contribution in [0.4, 0.5) is 0 Å². The normalized spacial score (nSPS) is 25.3. The van der Waals surface area contributed by atoms with Crippen LogP contribution in [0.1, 0.15) is 33.1 Å². The van der Waals surface area contributed by atoms with Gasteiger partial charge in [-0.1, -0.05) is 26.7 Å². The van der Waals surface area contributed by atoms with E-state index in [0.717, 1.165) is 18.1 Å². The summed E-state index contributed by atoms with van der Waals surface area (Å²) in [5.74, 6) is 4.35. The first-order valence-electron chi connectivity index (χ1n) is 5.65. The number of rotatable bonds is 5. The Hall–Kier alpha value is 0.660. The molecule has 0 saturated carbocycles. The summed E-state index contributed by atoms with van der Waals surface area (Å²) in [5.41, 5.74) is 0. The number of hydrogen-bond donors (Lipinski definition) is 1. The summed E-state index contributed by atoms with van der Waals surface area (Å²) in [7, 11) is 0. The molecule has 0 bridgehead atoms. The van der Waals surface area contributed by atoms with Crippen molar-refractivity contribution in [1.29, 1.82) is 0 Å². The lowest BCUT2D eigenvalue weighted by molar-refractivity contribution is 0.141. The zero-order chi connectivity index (χ0) is 10.4. The highest BCUT2D eigenvalue weighted by Gasteiger charge is 2.24. The molecule has 0 aromatic carbocycles. The van der Waals surface area contributed by atoms with E-state index in [0.29, 0.717) is 5.25 Å². The fourth-order valence-corrected chi connectivity index (χ4v) is 4.63. The Morgan fingerprint density at radius 1 is 1.29 bits per heavy atom. The molecule has 0 aromatic rings. The molecule has 84 valence electrons. The summed E-state index contributed by atoms with van der Waals surface area (Å²) in [6, 6.07) is 0. The summed E-state index contributed by atoms with van der Waals surface area (Å²) in [6.45, 7) is 4.45. The highest BCUT2D eigenvalue weighted by atomic mass is 32.2. The van der Waals surface area contributed by atoms with E-state index in [1.807, 2.05) is 23.5 Å². The predicted octanol–water partition coefficient (Wildman–Crippen LogP) is 3.02. The van der Waals surface area contributed by atoms with Crippen LogP contribution in [0.25, 0.3) is 0 Å².